The van der Waals surface area contributed by atoms with Crippen LogP contribution < -0.4 is 4.90 Å². The number of aromatic carboxylic acids is 1. The molecule has 1 aromatic heterocycles. The van der Waals surface area contributed by atoms with E-state index in [9.17, 15) is 9.90 Å². The fraction of sp³-hybridized carbons (Fsp3) is 0.375. The molecule has 0 unspecified atom stereocenters. The molecule has 1 N–H and O–H groups in total. The van der Waals surface area contributed by atoms with Crippen LogP contribution in [0.25, 0.3) is 11.3 Å². The monoisotopic (exact) mass is 304 g/mol. The average Bonchev–Trinajstić information content (AvgIpc) is 2.94. The molecule has 0 aliphatic rings. The van der Waals surface area contributed by atoms with Gasteiger partial charge in [0.1, 0.15) is 4.88 Å². The van der Waals surface area contributed by atoms with Gasteiger partial charge in [-0.3, -0.25) is 0 Å². The Kier molecular flexibility index (Phi) is 5.33. The molecule has 2 aromatic rings. The Morgan fingerprint density at radius 2 is 2.00 bits per heavy atom. The number of unbranched alkanes of at least 4 members (excludes halogenated alkanes) is 2. The van der Waals surface area contributed by atoms with E-state index in [0.29, 0.717) is 10.6 Å². The fourth-order valence-electron chi connectivity index (χ4n) is 2.10. The minimum atomic E-state index is -0.917. The van der Waals surface area contributed by atoms with Crippen molar-refractivity contribution in [3.05, 3.63) is 35.2 Å². The molecule has 0 aliphatic heterocycles. The summed E-state index contributed by atoms with van der Waals surface area (Å²) in [7, 11) is 1.97. The van der Waals surface area contributed by atoms with Gasteiger partial charge < -0.3 is 10.0 Å². The molecular formula is C16H20N2O2S. The first kappa shape index (κ1) is 15.5. The zero-order valence-corrected chi connectivity index (χ0v) is 13.2. The molecule has 0 atom stereocenters. The van der Waals surface area contributed by atoms with Crippen molar-refractivity contribution in [2.75, 3.05) is 18.5 Å². The van der Waals surface area contributed by atoms with Crippen LogP contribution in [0.1, 0.15) is 35.9 Å². The van der Waals surface area contributed by atoms with Crippen LogP contribution in [0.15, 0.2) is 30.3 Å². The number of hydrogen-bond acceptors (Lipinski definition) is 4. The molecule has 1 heterocycles. The molecule has 5 heteroatoms. The summed E-state index contributed by atoms with van der Waals surface area (Å²) in [6.07, 6.45) is 3.43. The lowest BCUT2D eigenvalue weighted by atomic mass is 10.1. The van der Waals surface area contributed by atoms with Crippen LogP contribution in [0.2, 0.25) is 0 Å². The van der Waals surface area contributed by atoms with Gasteiger partial charge in [-0.2, -0.15) is 0 Å². The first-order chi connectivity index (χ1) is 10.1. The van der Waals surface area contributed by atoms with Crippen molar-refractivity contribution in [2.45, 2.75) is 26.2 Å². The van der Waals surface area contributed by atoms with E-state index in [2.05, 4.69) is 11.9 Å². The molecule has 0 spiro atoms. The summed E-state index contributed by atoms with van der Waals surface area (Å²) in [5.74, 6) is -0.917. The second-order valence-corrected chi connectivity index (χ2v) is 5.95. The molecule has 2 rings (SSSR count). The van der Waals surface area contributed by atoms with Crippen molar-refractivity contribution in [3.8, 4) is 11.3 Å². The van der Waals surface area contributed by atoms with Gasteiger partial charge in [-0.05, 0) is 6.42 Å². The van der Waals surface area contributed by atoms with E-state index >= 15 is 0 Å². The highest BCUT2D eigenvalue weighted by Crippen LogP contribution is 2.32. The molecule has 0 radical (unpaired) electrons. The number of carbonyl (C=O) groups is 1. The molecule has 0 bridgehead atoms. The normalized spacial score (nSPS) is 10.6. The number of benzene rings is 1. The van der Waals surface area contributed by atoms with Crippen molar-refractivity contribution in [3.63, 3.8) is 0 Å². The Morgan fingerprint density at radius 1 is 1.29 bits per heavy atom. The van der Waals surface area contributed by atoms with E-state index in [0.717, 1.165) is 23.7 Å². The summed E-state index contributed by atoms with van der Waals surface area (Å²) in [6.45, 7) is 3.06. The number of thiazole rings is 1. The Hall–Kier alpha value is -1.88. The number of carboxylic acids is 1. The van der Waals surface area contributed by atoms with Crippen molar-refractivity contribution in [1.82, 2.24) is 4.98 Å². The zero-order chi connectivity index (χ0) is 15.2. The molecule has 21 heavy (non-hydrogen) atoms. The summed E-state index contributed by atoms with van der Waals surface area (Å²) < 4.78 is 0. The van der Waals surface area contributed by atoms with Crippen LogP contribution in [0.5, 0.6) is 0 Å². The van der Waals surface area contributed by atoms with Crippen molar-refractivity contribution in [1.29, 1.82) is 0 Å². The molecule has 0 saturated carbocycles. The highest BCUT2D eigenvalue weighted by molar-refractivity contribution is 7.17. The van der Waals surface area contributed by atoms with E-state index < -0.39 is 5.97 Å². The lowest BCUT2D eigenvalue weighted by Gasteiger charge is -2.14. The van der Waals surface area contributed by atoms with Crippen LogP contribution in [-0.2, 0) is 0 Å². The third kappa shape index (κ3) is 3.82. The third-order valence-electron chi connectivity index (χ3n) is 3.28. The molecular weight excluding hydrogens is 284 g/mol. The largest absolute Gasteiger partial charge is 0.477 e. The number of aromatic nitrogens is 1. The van der Waals surface area contributed by atoms with Crippen molar-refractivity contribution < 1.29 is 9.90 Å². The topological polar surface area (TPSA) is 53.4 Å². The Bertz CT molecular complexity index is 596. The van der Waals surface area contributed by atoms with Gasteiger partial charge >= 0.3 is 5.97 Å². The second kappa shape index (κ2) is 7.22. The number of rotatable bonds is 7. The van der Waals surface area contributed by atoms with Crippen molar-refractivity contribution in [2.24, 2.45) is 0 Å². The Morgan fingerprint density at radius 3 is 2.62 bits per heavy atom. The molecule has 0 saturated heterocycles. The molecule has 0 fully saturated rings. The van der Waals surface area contributed by atoms with E-state index in [1.54, 1.807) is 0 Å². The lowest BCUT2D eigenvalue weighted by Crippen LogP contribution is -2.18. The van der Waals surface area contributed by atoms with E-state index in [4.69, 9.17) is 0 Å². The molecule has 0 aliphatic carbocycles. The number of hydrogen-bond donors (Lipinski definition) is 1. The van der Waals surface area contributed by atoms with Gasteiger partial charge in [0.15, 0.2) is 5.13 Å². The maximum atomic E-state index is 11.4. The smallest absolute Gasteiger partial charge is 0.348 e. The highest BCUT2D eigenvalue weighted by atomic mass is 32.1. The third-order valence-corrected chi connectivity index (χ3v) is 4.44. The number of carboxylic acid groups (broad SMARTS) is 1. The van der Waals surface area contributed by atoms with E-state index in [-0.39, 0.29) is 0 Å². The summed E-state index contributed by atoms with van der Waals surface area (Å²) in [4.78, 5) is 18.3. The van der Waals surface area contributed by atoms with Gasteiger partial charge in [0.05, 0.1) is 5.69 Å². The minimum absolute atomic E-state index is 0.304. The van der Waals surface area contributed by atoms with Gasteiger partial charge in [-0.25, -0.2) is 9.78 Å². The molecule has 1 aromatic carbocycles. The predicted molar refractivity (Wildman–Crippen MR) is 87.3 cm³/mol. The average molecular weight is 304 g/mol. The van der Waals surface area contributed by atoms with Crippen LogP contribution in [0, 0.1) is 0 Å². The van der Waals surface area contributed by atoms with Gasteiger partial charge in [0.2, 0.25) is 0 Å². The van der Waals surface area contributed by atoms with Crippen LogP contribution >= 0.6 is 11.3 Å². The quantitative estimate of drug-likeness (QED) is 0.781. The predicted octanol–water partition coefficient (Wildman–Crippen LogP) is 4.13. The standard InChI is InChI=1S/C16H20N2O2S/c1-3-4-8-11-18(2)16-17-13(14(21-16)15(19)20)12-9-6-5-7-10-12/h5-7,9-10H,3-4,8,11H2,1-2H3,(H,19,20). The van der Waals surface area contributed by atoms with Crippen LogP contribution in [-0.4, -0.2) is 29.7 Å². The molecule has 4 nitrogen and oxygen atoms in total. The number of anilines is 1. The Balaban J connectivity index is 2.27. The maximum Gasteiger partial charge on any atom is 0.348 e. The van der Waals surface area contributed by atoms with Gasteiger partial charge in [-0.1, -0.05) is 61.4 Å². The summed E-state index contributed by atoms with van der Waals surface area (Å²) in [5, 5.41) is 10.2. The van der Waals surface area contributed by atoms with Gasteiger partial charge in [-0.15, -0.1) is 0 Å². The zero-order valence-electron chi connectivity index (χ0n) is 12.4. The van der Waals surface area contributed by atoms with Crippen molar-refractivity contribution >= 4 is 22.4 Å². The van der Waals surface area contributed by atoms with Gasteiger partial charge in [0.25, 0.3) is 0 Å². The summed E-state index contributed by atoms with van der Waals surface area (Å²) in [5.41, 5.74) is 1.41. The van der Waals surface area contributed by atoms with E-state index in [1.807, 2.05) is 42.3 Å². The molecule has 0 amide bonds. The Labute approximate surface area is 129 Å². The number of nitrogens with zero attached hydrogens (tertiary/aromatic N) is 2. The maximum absolute atomic E-state index is 11.4. The first-order valence-corrected chi connectivity index (χ1v) is 7.95. The summed E-state index contributed by atoms with van der Waals surface area (Å²) in [6, 6.07) is 9.48. The van der Waals surface area contributed by atoms with Crippen LogP contribution in [0.4, 0.5) is 5.13 Å². The first-order valence-electron chi connectivity index (χ1n) is 7.14. The van der Waals surface area contributed by atoms with Gasteiger partial charge in [0, 0.05) is 19.2 Å². The fourth-order valence-corrected chi connectivity index (χ4v) is 3.02. The molecule has 112 valence electrons. The van der Waals surface area contributed by atoms with E-state index in [1.165, 1.54) is 24.2 Å². The SMILES string of the molecule is CCCCCN(C)c1nc(-c2ccccc2)c(C(=O)O)s1. The lowest BCUT2D eigenvalue weighted by molar-refractivity contribution is 0.0702. The van der Waals surface area contributed by atoms with Crippen LogP contribution in [0.3, 0.4) is 0 Å². The summed E-state index contributed by atoms with van der Waals surface area (Å²) >= 11 is 1.24. The minimum Gasteiger partial charge on any atom is -0.477 e. The second-order valence-electron chi connectivity index (χ2n) is 4.97. The highest BCUT2D eigenvalue weighted by Gasteiger charge is 2.20.